The lowest BCUT2D eigenvalue weighted by Gasteiger charge is -2.12. The smallest absolute Gasteiger partial charge is 0.0757 e. The molecule has 0 atom stereocenters. The van der Waals surface area contributed by atoms with Gasteiger partial charge in [-0.15, -0.1) is 0 Å². The van der Waals surface area contributed by atoms with E-state index in [9.17, 15) is 0 Å². The molecule has 5 rings (SSSR count). The van der Waals surface area contributed by atoms with Gasteiger partial charge in [-0.05, 0) is 47.2 Å². The summed E-state index contributed by atoms with van der Waals surface area (Å²) in [6, 6.07) is 13.0. The zero-order chi connectivity index (χ0) is 13.8. The number of rotatable bonds is 0. The molecule has 0 fully saturated rings. The molecular formula is C20H15N. The molecule has 1 heterocycles. The molecular weight excluding hydrogens is 254 g/mol. The van der Waals surface area contributed by atoms with E-state index >= 15 is 0 Å². The van der Waals surface area contributed by atoms with Crippen LogP contribution in [-0.4, -0.2) is 0 Å². The summed E-state index contributed by atoms with van der Waals surface area (Å²) in [6.45, 7) is 0. The van der Waals surface area contributed by atoms with Crippen molar-refractivity contribution in [1.29, 1.82) is 0 Å². The van der Waals surface area contributed by atoms with Gasteiger partial charge in [0, 0.05) is 10.4 Å². The van der Waals surface area contributed by atoms with Crippen LogP contribution < -0.4 is 21.0 Å². The lowest BCUT2D eigenvalue weighted by atomic mass is 9.91. The van der Waals surface area contributed by atoms with Gasteiger partial charge in [0.25, 0.3) is 0 Å². The Kier molecular flexibility index (Phi) is 2.17. The highest BCUT2D eigenvalue weighted by Crippen LogP contribution is 2.23. The quantitative estimate of drug-likeness (QED) is 0.686. The van der Waals surface area contributed by atoms with Gasteiger partial charge in [-0.2, -0.15) is 0 Å². The third-order valence-corrected chi connectivity index (χ3v) is 4.75. The summed E-state index contributed by atoms with van der Waals surface area (Å²) < 4.78 is 0. The van der Waals surface area contributed by atoms with Crippen molar-refractivity contribution in [3.05, 3.63) is 74.6 Å². The van der Waals surface area contributed by atoms with E-state index in [2.05, 4.69) is 54.6 Å². The fourth-order valence-electron chi connectivity index (χ4n) is 3.78. The van der Waals surface area contributed by atoms with Gasteiger partial charge in [0.15, 0.2) is 0 Å². The van der Waals surface area contributed by atoms with Crippen molar-refractivity contribution in [1.82, 2.24) is 0 Å². The predicted octanol–water partition coefficient (Wildman–Crippen LogP) is 1.42. The molecule has 0 radical (unpaired) electrons. The summed E-state index contributed by atoms with van der Waals surface area (Å²) >= 11 is 0. The number of nitrogens with zero attached hydrogens (tertiary/aromatic N) is 1. The van der Waals surface area contributed by atoms with E-state index in [1.165, 1.54) is 43.4 Å². The fourth-order valence-corrected chi connectivity index (χ4v) is 3.78. The Bertz CT molecular complexity index is 1050. The molecule has 2 aliphatic carbocycles. The maximum atomic E-state index is 4.96. The second-order valence-electron chi connectivity index (χ2n) is 5.90. The molecule has 3 aliphatic rings. The molecule has 0 unspecified atom stereocenters. The largest absolute Gasteiger partial charge is 0.247 e. The maximum Gasteiger partial charge on any atom is 0.0757 e. The standard InChI is InChI=1S/C20H15N/c1-3-7-15-13(5-1)10-12-18-19(15)17-11-9-14-6-2-4-8-16(14)20(17)21-18/h1-2,4-6,8-10,12H,3,7,11H2. The summed E-state index contributed by atoms with van der Waals surface area (Å²) in [6.07, 6.45) is 10.2. The maximum absolute atomic E-state index is 4.96. The summed E-state index contributed by atoms with van der Waals surface area (Å²) in [7, 11) is 0. The Labute approximate surface area is 123 Å². The third-order valence-electron chi connectivity index (χ3n) is 4.75. The molecule has 2 aromatic rings. The monoisotopic (exact) mass is 269 g/mol. The van der Waals surface area contributed by atoms with Crippen LogP contribution in [0.5, 0.6) is 0 Å². The number of hydrogen-bond acceptors (Lipinski definition) is 1. The number of benzene rings is 2. The van der Waals surface area contributed by atoms with E-state index in [4.69, 9.17) is 4.99 Å². The Morgan fingerprint density at radius 2 is 1.95 bits per heavy atom. The highest BCUT2D eigenvalue weighted by atomic mass is 14.8. The molecule has 1 nitrogen and oxygen atoms in total. The zero-order valence-corrected chi connectivity index (χ0v) is 11.8. The molecule has 2 aromatic carbocycles. The van der Waals surface area contributed by atoms with Crippen molar-refractivity contribution < 1.29 is 0 Å². The van der Waals surface area contributed by atoms with Crippen molar-refractivity contribution in [2.24, 2.45) is 4.99 Å². The molecule has 1 aliphatic heterocycles. The van der Waals surface area contributed by atoms with Crippen LogP contribution in [-0.2, 0) is 6.42 Å². The van der Waals surface area contributed by atoms with Gasteiger partial charge in [0.1, 0.15) is 0 Å². The van der Waals surface area contributed by atoms with Crippen molar-refractivity contribution in [2.45, 2.75) is 19.3 Å². The third kappa shape index (κ3) is 1.49. The van der Waals surface area contributed by atoms with Crippen molar-refractivity contribution >= 4 is 23.4 Å². The van der Waals surface area contributed by atoms with Gasteiger partial charge < -0.3 is 0 Å². The minimum atomic E-state index is 1.00. The lowest BCUT2D eigenvalue weighted by Crippen LogP contribution is -2.31. The summed E-state index contributed by atoms with van der Waals surface area (Å²) in [4.78, 5) is 4.96. The highest BCUT2D eigenvalue weighted by molar-refractivity contribution is 5.93. The average molecular weight is 269 g/mol. The molecule has 100 valence electrons. The number of allylic oxidation sites excluding steroid dienone is 1. The first kappa shape index (κ1) is 11.3. The minimum absolute atomic E-state index is 1.00. The van der Waals surface area contributed by atoms with E-state index in [-0.39, 0.29) is 0 Å². The average Bonchev–Trinajstić information content (AvgIpc) is 2.94. The predicted molar refractivity (Wildman–Crippen MR) is 86.2 cm³/mol. The van der Waals surface area contributed by atoms with Gasteiger partial charge in [-0.3, -0.25) is 0 Å². The van der Waals surface area contributed by atoms with Crippen molar-refractivity contribution in [3.8, 4) is 0 Å². The molecule has 0 spiro atoms. The van der Waals surface area contributed by atoms with Gasteiger partial charge in [0.05, 0.1) is 11.1 Å². The van der Waals surface area contributed by atoms with Crippen molar-refractivity contribution in [3.63, 3.8) is 0 Å². The van der Waals surface area contributed by atoms with E-state index < -0.39 is 0 Å². The van der Waals surface area contributed by atoms with Crippen LogP contribution in [0.2, 0.25) is 0 Å². The van der Waals surface area contributed by atoms with E-state index in [0.717, 1.165) is 19.3 Å². The SMILES string of the molecule is C1=Cc2ccc3c(c2CC1)=C1CC=c2ccccc2=C1N=3. The molecule has 21 heavy (non-hydrogen) atoms. The Balaban J connectivity index is 1.99. The van der Waals surface area contributed by atoms with Crippen molar-refractivity contribution in [2.75, 3.05) is 0 Å². The first-order valence-corrected chi connectivity index (χ1v) is 7.62. The fraction of sp³-hybridized carbons (Fsp3) is 0.150. The molecule has 0 aromatic heterocycles. The van der Waals surface area contributed by atoms with Gasteiger partial charge >= 0.3 is 0 Å². The number of fused-ring (bicyclic) bond motifs is 5. The van der Waals surface area contributed by atoms with Crippen LogP contribution in [0.25, 0.3) is 23.4 Å². The van der Waals surface area contributed by atoms with Crippen LogP contribution in [0.3, 0.4) is 0 Å². The summed E-state index contributed by atoms with van der Waals surface area (Å²) in [5.41, 5.74) is 5.50. The van der Waals surface area contributed by atoms with Gasteiger partial charge in [0.2, 0.25) is 0 Å². The zero-order valence-electron chi connectivity index (χ0n) is 11.8. The van der Waals surface area contributed by atoms with Crippen LogP contribution in [0.15, 0.2) is 47.5 Å². The van der Waals surface area contributed by atoms with Crippen LogP contribution >= 0.6 is 0 Å². The first-order chi connectivity index (χ1) is 10.4. The Morgan fingerprint density at radius 3 is 2.95 bits per heavy atom. The Hall–Kier alpha value is -2.41. The van der Waals surface area contributed by atoms with Crippen LogP contribution in [0, 0.1) is 0 Å². The van der Waals surface area contributed by atoms with Gasteiger partial charge in [-0.25, -0.2) is 4.99 Å². The highest BCUT2D eigenvalue weighted by Gasteiger charge is 2.19. The Morgan fingerprint density at radius 1 is 1.00 bits per heavy atom. The molecule has 0 saturated carbocycles. The molecule has 1 heteroatoms. The van der Waals surface area contributed by atoms with E-state index in [0.29, 0.717) is 0 Å². The van der Waals surface area contributed by atoms with E-state index in [1.807, 2.05) is 0 Å². The van der Waals surface area contributed by atoms with E-state index in [1.54, 1.807) is 0 Å². The summed E-state index contributed by atoms with van der Waals surface area (Å²) in [5, 5.41) is 5.19. The lowest BCUT2D eigenvalue weighted by molar-refractivity contribution is 0.969. The molecule has 0 amide bonds. The molecule has 0 saturated heterocycles. The molecule has 0 bridgehead atoms. The summed E-state index contributed by atoms with van der Waals surface area (Å²) in [5.74, 6) is 0. The minimum Gasteiger partial charge on any atom is -0.247 e. The normalized spacial score (nSPS) is 17.3. The van der Waals surface area contributed by atoms with Crippen LogP contribution in [0.4, 0.5) is 0 Å². The second-order valence-corrected chi connectivity index (χ2v) is 5.90. The van der Waals surface area contributed by atoms with Gasteiger partial charge in [-0.1, -0.05) is 48.6 Å². The topological polar surface area (TPSA) is 12.4 Å². The molecule has 0 N–H and O–H groups in total. The number of hydrogen-bond donors (Lipinski definition) is 0. The van der Waals surface area contributed by atoms with Crippen LogP contribution in [0.1, 0.15) is 24.0 Å². The first-order valence-electron chi connectivity index (χ1n) is 7.62. The second kappa shape index (κ2) is 4.05.